The van der Waals surface area contributed by atoms with Crippen LogP contribution in [0.1, 0.15) is 25.7 Å². The third kappa shape index (κ3) is 0.480. The van der Waals surface area contributed by atoms with E-state index in [1.165, 1.54) is 12.8 Å². The zero-order valence-electron chi connectivity index (χ0n) is 4.35. The second kappa shape index (κ2) is 0.873. The number of hydrogen-bond donors (Lipinski definition) is 1. The van der Waals surface area contributed by atoms with Crippen LogP contribution < -0.4 is 0 Å². The molecule has 0 radical (unpaired) electrons. The Kier molecular flexibility index (Phi) is 0.487. The Morgan fingerprint density at radius 2 is 1.86 bits per heavy atom. The minimum atomic E-state index is -0.139. The lowest BCUT2D eigenvalue weighted by atomic mass is 10.2. The Hall–Kier alpha value is -0.0400. The summed E-state index contributed by atoms with van der Waals surface area (Å²) in [7, 11) is 0. The average molecular weight is 98.1 g/mol. The molecule has 2 aliphatic rings. The number of aliphatic hydroxyl groups is 1. The van der Waals surface area contributed by atoms with Gasteiger partial charge in [-0.05, 0) is 31.6 Å². The van der Waals surface area contributed by atoms with Gasteiger partial charge in [-0.15, -0.1) is 0 Å². The van der Waals surface area contributed by atoms with E-state index in [2.05, 4.69) is 0 Å². The highest BCUT2D eigenvalue weighted by molar-refractivity contribution is 5.04. The minimum Gasteiger partial charge on any atom is -0.390 e. The van der Waals surface area contributed by atoms with E-state index in [4.69, 9.17) is 0 Å². The first-order chi connectivity index (χ1) is 3.31. The van der Waals surface area contributed by atoms with Crippen LogP contribution in [0.5, 0.6) is 0 Å². The summed E-state index contributed by atoms with van der Waals surface area (Å²) in [5.74, 6) is 0.715. The summed E-state index contributed by atoms with van der Waals surface area (Å²) >= 11 is 0. The Morgan fingerprint density at radius 1 is 1.29 bits per heavy atom. The number of rotatable bonds is 1. The highest BCUT2D eigenvalue weighted by atomic mass is 16.3. The second-order valence-electron chi connectivity index (χ2n) is 2.88. The molecule has 2 saturated carbocycles. The normalized spacial score (nSPS) is 35.6. The highest BCUT2D eigenvalue weighted by Crippen LogP contribution is 2.53. The van der Waals surface area contributed by atoms with Crippen molar-refractivity contribution in [2.24, 2.45) is 5.92 Å². The van der Waals surface area contributed by atoms with Gasteiger partial charge in [0.2, 0.25) is 0 Å². The van der Waals surface area contributed by atoms with Crippen molar-refractivity contribution >= 4 is 0 Å². The van der Waals surface area contributed by atoms with Crippen LogP contribution in [-0.2, 0) is 0 Å². The van der Waals surface area contributed by atoms with Crippen LogP contribution in [0.3, 0.4) is 0 Å². The predicted octanol–water partition coefficient (Wildman–Crippen LogP) is 0.921. The van der Waals surface area contributed by atoms with Crippen LogP contribution in [0.15, 0.2) is 0 Å². The zero-order chi connectivity index (χ0) is 4.91. The average Bonchev–Trinajstić information content (AvgIpc) is 2.14. The molecule has 0 aromatic rings. The van der Waals surface area contributed by atoms with Crippen molar-refractivity contribution in [2.45, 2.75) is 31.3 Å². The molecule has 0 aliphatic heterocycles. The molecule has 0 heterocycles. The molecule has 40 valence electrons. The zero-order valence-corrected chi connectivity index (χ0v) is 4.35. The smallest absolute Gasteiger partial charge is 0.0678 e. The second-order valence-corrected chi connectivity index (χ2v) is 2.88. The van der Waals surface area contributed by atoms with Crippen molar-refractivity contribution < 1.29 is 5.11 Å². The van der Waals surface area contributed by atoms with Gasteiger partial charge in [-0.3, -0.25) is 0 Å². The van der Waals surface area contributed by atoms with E-state index in [0.29, 0.717) is 5.92 Å². The molecule has 0 atom stereocenters. The molecular weight excluding hydrogens is 88.1 g/mol. The van der Waals surface area contributed by atoms with Gasteiger partial charge in [0.25, 0.3) is 0 Å². The molecule has 0 saturated heterocycles. The monoisotopic (exact) mass is 98.1 g/mol. The maximum absolute atomic E-state index is 9.27. The molecular formula is C6H10O. The van der Waals surface area contributed by atoms with Gasteiger partial charge < -0.3 is 5.11 Å². The fourth-order valence-electron chi connectivity index (χ4n) is 1.16. The Bertz CT molecular complexity index is 90.4. The van der Waals surface area contributed by atoms with E-state index in [0.717, 1.165) is 12.8 Å². The van der Waals surface area contributed by atoms with Gasteiger partial charge in [-0.1, -0.05) is 0 Å². The molecule has 0 aromatic carbocycles. The van der Waals surface area contributed by atoms with E-state index in [1.807, 2.05) is 0 Å². The lowest BCUT2D eigenvalue weighted by molar-refractivity contribution is 0.126. The van der Waals surface area contributed by atoms with Crippen LogP contribution >= 0.6 is 0 Å². The van der Waals surface area contributed by atoms with Crippen molar-refractivity contribution in [1.82, 2.24) is 0 Å². The Morgan fingerprint density at radius 3 is 2.00 bits per heavy atom. The molecule has 1 heteroatoms. The van der Waals surface area contributed by atoms with Crippen LogP contribution in [0.2, 0.25) is 0 Å². The van der Waals surface area contributed by atoms with E-state index in [9.17, 15) is 5.11 Å². The van der Waals surface area contributed by atoms with Crippen molar-refractivity contribution in [3.05, 3.63) is 0 Å². The van der Waals surface area contributed by atoms with Gasteiger partial charge in [0.1, 0.15) is 0 Å². The van der Waals surface area contributed by atoms with Crippen molar-refractivity contribution in [1.29, 1.82) is 0 Å². The highest BCUT2D eigenvalue weighted by Gasteiger charge is 2.52. The van der Waals surface area contributed by atoms with E-state index >= 15 is 0 Å². The summed E-state index contributed by atoms with van der Waals surface area (Å²) < 4.78 is 0. The van der Waals surface area contributed by atoms with Crippen LogP contribution in [0.4, 0.5) is 0 Å². The van der Waals surface area contributed by atoms with E-state index < -0.39 is 0 Å². The van der Waals surface area contributed by atoms with Crippen LogP contribution in [-0.4, -0.2) is 10.7 Å². The Labute approximate surface area is 43.3 Å². The third-order valence-corrected chi connectivity index (χ3v) is 2.10. The van der Waals surface area contributed by atoms with E-state index in [1.54, 1.807) is 0 Å². The van der Waals surface area contributed by atoms with Gasteiger partial charge in [0.05, 0.1) is 5.60 Å². The summed E-state index contributed by atoms with van der Waals surface area (Å²) in [6.45, 7) is 0. The molecule has 0 bridgehead atoms. The molecule has 2 aliphatic carbocycles. The Balaban J connectivity index is 2.04. The molecule has 0 unspecified atom stereocenters. The molecule has 0 spiro atoms. The van der Waals surface area contributed by atoms with Gasteiger partial charge in [-0.2, -0.15) is 0 Å². The molecule has 1 N–H and O–H groups in total. The van der Waals surface area contributed by atoms with Crippen molar-refractivity contribution in [3.63, 3.8) is 0 Å². The van der Waals surface area contributed by atoms with Gasteiger partial charge in [-0.25, -0.2) is 0 Å². The fourth-order valence-corrected chi connectivity index (χ4v) is 1.16. The minimum absolute atomic E-state index is 0.139. The summed E-state index contributed by atoms with van der Waals surface area (Å²) in [6.07, 6.45) is 4.74. The molecule has 2 rings (SSSR count). The lowest BCUT2D eigenvalue weighted by Crippen LogP contribution is -2.07. The van der Waals surface area contributed by atoms with E-state index in [-0.39, 0.29) is 5.60 Å². The topological polar surface area (TPSA) is 20.2 Å². The van der Waals surface area contributed by atoms with Crippen molar-refractivity contribution in [2.75, 3.05) is 0 Å². The fraction of sp³-hybridized carbons (Fsp3) is 1.00. The molecule has 0 amide bonds. The molecule has 0 aromatic heterocycles. The summed E-state index contributed by atoms with van der Waals surface area (Å²) in [5, 5.41) is 9.27. The van der Waals surface area contributed by atoms with Crippen LogP contribution in [0, 0.1) is 5.92 Å². The van der Waals surface area contributed by atoms with Gasteiger partial charge >= 0.3 is 0 Å². The van der Waals surface area contributed by atoms with Crippen molar-refractivity contribution in [3.8, 4) is 0 Å². The predicted molar refractivity (Wildman–Crippen MR) is 26.9 cm³/mol. The third-order valence-electron chi connectivity index (χ3n) is 2.10. The number of hydrogen-bond acceptors (Lipinski definition) is 1. The maximum Gasteiger partial charge on any atom is 0.0678 e. The summed E-state index contributed by atoms with van der Waals surface area (Å²) in [5.41, 5.74) is -0.139. The van der Waals surface area contributed by atoms with Gasteiger partial charge in [0, 0.05) is 0 Å². The molecule has 1 nitrogen and oxygen atoms in total. The first-order valence-corrected chi connectivity index (χ1v) is 3.04. The summed E-state index contributed by atoms with van der Waals surface area (Å²) in [4.78, 5) is 0. The SMILES string of the molecule is OC1(C2CC2)CC1. The lowest BCUT2D eigenvalue weighted by Gasteiger charge is -1.99. The largest absolute Gasteiger partial charge is 0.390 e. The quantitative estimate of drug-likeness (QED) is 0.517. The standard InChI is InChI=1S/C6H10O/c7-6(3-4-6)5-1-2-5/h5,7H,1-4H2. The first kappa shape index (κ1) is 3.90. The first-order valence-electron chi connectivity index (χ1n) is 3.04. The molecule has 2 fully saturated rings. The molecule has 7 heavy (non-hydrogen) atoms. The van der Waals surface area contributed by atoms with Gasteiger partial charge in [0.15, 0.2) is 0 Å². The maximum atomic E-state index is 9.27. The van der Waals surface area contributed by atoms with Crippen LogP contribution in [0.25, 0.3) is 0 Å². The summed E-state index contributed by atoms with van der Waals surface area (Å²) in [6, 6.07) is 0.